The maximum Gasteiger partial charge on any atom is 0.252 e. The zero-order valence-corrected chi connectivity index (χ0v) is 28.2. The van der Waals surface area contributed by atoms with Crippen molar-refractivity contribution in [1.29, 1.82) is 0 Å². The second-order valence-corrected chi connectivity index (χ2v) is 14.7. The zero-order chi connectivity index (χ0) is 33.7. The summed E-state index contributed by atoms with van der Waals surface area (Å²) < 4.78 is 14.4. The molecule has 0 fully saturated rings. The number of nitrogens with two attached hydrogens (primary N) is 1. The quantitative estimate of drug-likeness (QED) is 0.136. The molecule has 0 saturated heterocycles. The van der Waals surface area contributed by atoms with Crippen molar-refractivity contribution in [2.24, 2.45) is 11.7 Å². The van der Waals surface area contributed by atoms with Crippen molar-refractivity contribution in [2.75, 3.05) is 6.16 Å². The van der Waals surface area contributed by atoms with Crippen LogP contribution in [0.5, 0.6) is 0 Å². The van der Waals surface area contributed by atoms with Crippen molar-refractivity contribution < 1.29 is 28.6 Å². The van der Waals surface area contributed by atoms with Crippen LogP contribution in [0.25, 0.3) is 6.08 Å². The van der Waals surface area contributed by atoms with Gasteiger partial charge in [0, 0.05) is 16.5 Å². The molecule has 3 aromatic rings. The molecule has 4 atom stereocenters. The van der Waals surface area contributed by atoms with Crippen molar-refractivity contribution in [3.05, 3.63) is 112 Å². The number of carbonyl (C=O) groups is 4. The van der Waals surface area contributed by atoms with E-state index in [4.69, 9.17) is 5.73 Å². The highest BCUT2D eigenvalue weighted by molar-refractivity contribution is 9.10. The number of rotatable bonds is 16. The summed E-state index contributed by atoms with van der Waals surface area (Å²) in [4.78, 5) is 62.9. The number of halogens is 1. The molecule has 3 rings (SSSR count). The summed E-state index contributed by atoms with van der Waals surface area (Å²) in [5.74, 6) is -4.15. The van der Waals surface area contributed by atoms with Crippen molar-refractivity contribution in [3.8, 4) is 0 Å². The number of hydrogen-bond acceptors (Lipinski definition) is 5. The molecule has 0 aliphatic heterocycles. The first-order valence-electron chi connectivity index (χ1n) is 14.9. The van der Waals surface area contributed by atoms with Crippen LogP contribution in [0.1, 0.15) is 48.2 Å². The Morgan fingerprint density at radius 3 is 2.15 bits per heavy atom. The van der Waals surface area contributed by atoms with Crippen molar-refractivity contribution in [2.45, 2.75) is 51.0 Å². The molecule has 12 heteroatoms. The lowest BCUT2D eigenvalue weighted by Crippen LogP contribution is -2.53. The van der Waals surface area contributed by atoms with Crippen LogP contribution in [0.2, 0.25) is 0 Å². The summed E-state index contributed by atoms with van der Waals surface area (Å²) in [6, 6.07) is 22.7. The minimum absolute atomic E-state index is 0.00561. The minimum Gasteiger partial charge on any atom is -0.368 e. The maximum atomic E-state index is 13.7. The van der Waals surface area contributed by atoms with Crippen LogP contribution in [-0.2, 0) is 25.4 Å². The van der Waals surface area contributed by atoms with E-state index in [9.17, 15) is 28.6 Å². The average molecular weight is 712 g/mol. The minimum atomic E-state index is -4.39. The number of nitrogens with one attached hydrogen (secondary N) is 3. The Balaban J connectivity index is 1.73. The fraction of sp³-hybridized carbons (Fsp3) is 0.294. The predicted octanol–water partition coefficient (Wildman–Crippen LogP) is 4.62. The number of carbonyl (C=O) groups excluding carboxylic acids is 4. The highest BCUT2D eigenvalue weighted by Crippen LogP contribution is 2.46. The molecule has 0 aliphatic carbocycles. The van der Waals surface area contributed by atoms with Crippen LogP contribution in [0.4, 0.5) is 0 Å². The lowest BCUT2D eigenvalue weighted by Gasteiger charge is -2.26. The van der Waals surface area contributed by atoms with Gasteiger partial charge in [-0.15, -0.1) is 0 Å². The van der Waals surface area contributed by atoms with Gasteiger partial charge in [-0.1, -0.05) is 109 Å². The summed E-state index contributed by atoms with van der Waals surface area (Å²) in [7, 11) is -4.39. The van der Waals surface area contributed by atoms with Gasteiger partial charge in [-0.25, -0.2) is 0 Å². The predicted molar refractivity (Wildman–Crippen MR) is 183 cm³/mol. The Morgan fingerprint density at radius 2 is 1.54 bits per heavy atom. The standard InChI is InChI=1S/C34H40BrN4O6P/c1-23(2)19-29(34(43)38-28(32(36)41)18-9-15-24-11-5-3-6-12-24)37-30(40)22-46(44,45)31(20-25-13-7-4-8-14-25)39-33(42)26-16-10-17-27(35)21-26/h3-17,21,23,28-29,31H,18-20,22H2,1-2H3,(H2,36,41)(H,37,40)(H,38,43)(H,39,42)(H,44,45)/t28-,29-,31?/m0/s1. The Kier molecular flexibility index (Phi) is 13.9. The first kappa shape index (κ1) is 36.4. The molecular weight excluding hydrogens is 671 g/mol. The number of hydrogen-bond donors (Lipinski definition) is 5. The van der Waals surface area contributed by atoms with Gasteiger partial charge in [0.15, 0.2) is 0 Å². The molecular formula is C34H40BrN4O6P. The third-order valence-corrected chi connectivity index (χ3v) is 9.53. The summed E-state index contributed by atoms with van der Waals surface area (Å²) in [5.41, 5.74) is 7.42. The first-order valence-corrected chi connectivity index (χ1v) is 17.6. The molecule has 4 amide bonds. The molecule has 0 bridgehead atoms. The van der Waals surface area contributed by atoms with Crippen molar-refractivity contribution in [3.63, 3.8) is 0 Å². The van der Waals surface area contributed by atoms with E-state index in [0.29, 0.717) is 10.0 Å². The molecule has 10 nitrogen and oxygen atoms in total. The van der Waals surface area contributed by atoms with Crippen LogP contribution in [0.15, 0.2) is 95.5 Å². The molecule has 0 radical (unpaired) electrons. The highest BCUT2D eigenvalue weighted by Gasteiger charge is 2.36. The van der Waals surface area contributed by atoms with E-state index in [1.165, 1.54) is 0 Å². The summed E-state index contributed by atoms with van der Waals surface area (Å²) >= 11 is 3.32. The van der Waals surface area contributed by atoms with Crippen LogP contribution in [0, 0.1) is 5.92 Å². The van der Waals surface area contributed by atoms with E-state index in [1.54, 1.807) is 66.7 Å². The van der Waals surface area contributed by atoms with Crippen LogP contribution >= 0.6 is 23.3 Å². The molecule has 0 aromatic heterocycles. The molecule has 0 aliphatic rings. The molecule has 46 heavy (non-hydrogen) atoms. The second kappa shape index (κ2) is 17.6. The van der Waals surface area contributed by atoms with Gasteiger partial charge in [0.2, 0.25) is 25.1 Å². The SMILES string of the molecule is CC(C)C[C@H](NC(=O)CP(=O)(O)C(Cc1ccccc1)NC(=O)c1cccc(Br)c1)C(=O)N[C@@H](CC=Cc1ccccc1)C(N)=O. The smallest absolute Gasteiger partial charge is 0.252 e. The molecule has 0 saturated carbocycles. The van der Waals surface area contributed by atoms with Gasteiger partial charge in [-0.3, -0.25) is 23.7 Å². The Morgan fingerprint density at radius 1 is 0.891 bits per heavy atom. The summed E-state index contributed by atoms with van der Waals surface area (Å²) in [6.07, 6.45) is 3.00. The van der Waals surface area contributed by atoms with Gasteiger partial charge in [0.1, 0.15) is 24.0 Å². The van der Waals surface area contributed by atoms with Gasteiger partial charge >= 0.3 is 0 Å². The van der Waals surface area contributed by atoms with Crippen molar-refractivity contribution in [1.82, 2.24) is 16.0 Å². The molecule has 244 valence electrons. The van der Waals surface area contributed by atoms with E-state index < -0.39 is 55.0 Å². The number of amides is 4. The third kappa shape index (κ3) is 12.0. The van der Waals surface area contributed by atoms with Crippen molar-refractivity contribution >= 4 is 53.0 Å². The second-order valence-electron chi connectivity index (χ2n) is 11.4. The Bertz CT molecular complexity index is 1570. The fourth-order valence-electron chi connectivity index (χ4n) is 4.68. The zero-order valence-electron chi connectivity index (χ0n) is 25.8. The average Bonchev–Trinajstić information content (AvgIpc) is 3.00. The lowest BCUT2D eigenvalue weighted by atomic mass is 10.0. The van der Waals surface area contributed by atoms with E-state index in [0.717, 1.165) is 5.56 Å². The lowest BCUT2D eigenvalue weighted by molar-refractivity contribution is -0.131. The third-order valence-electron chi connectivity index (χ3n) is 7.01. The van der Waals surface area contributed by atoms with E-state index in [2.05, 4.69) is 31.9 Å². The Hall–Kier alpha value is -4.05. The summed E-state index contributed by atoms with van der Waals surface area (Å²) in [5, 5.41) is 7.82. The van der Waals surface area contributed by atoms with E-state index in [-0.39, 0.29) is 30.7 Å². The van der Waals surface area contributed by atoms with Gasteiger partial charge in [-0.05, 0) is 48.1 Å². The first-order chi connectivity index (χ1) is 21.8. The van der Waals surface area contributed by atoms with Gasteiger partial charge in [0.05, 0.1) is 0 Å². The van der Waals surface area contributed by atoms with E-state index >= 15 is 0 Å². The number of benzene rings is 3. The molecule has 3 aromatic carbocycles. The topological polar surface area (TPSA) is 168 Å². The molecule has 0 heterocycles. The molecule has 2 unspecified atom stereocenters. The van der Waals surface area contributed by atoms with Crippen LogP contribution in [-0.4, -0.2) is 52.6 Å². The van der Waals surface area contributed by atoms with Crippen LogP contribution < -0.4 is 21.7 Å². The normalized spacial score (nSPS) is 14.5. The Labute approximate surface area is 277 Å². The monoisotopic (exact) mass is 710 g/mol. The van der Waals surface area contributed by atoms with Crippen LogP contribution in [0.3, 0.4) is 0 Å². The molecule has 6 N–H and O–H groups in total. The number of primary amides is 1. The maximum absolute atomic E-state index is 13.7. The van der Waals surface area contributed by atoms with Gasteiger partial charge in [-0.2, -0.15) is 0 Å². The molecule has 0 spiro atoms. The fourth-order valence-corrected chi connectivity index (χ4v) is 6.62. The van der Waals surface area contributed by atoms with Gasteiger partial charge < -0.3 is 26.6 Å². The van der Waals surface area contributed by atoms with E-state index in [1.807, 2.05) is 44.2 Å². The van der Waals surface area contributed by atoms with Gasteiger partial charge in [0.25, 0.3) is 5.91 Å². The highest BCUT2D eigenvalue weighted by atomic mass is 79.9. The largest absolute Gasteiger partial charge is 0.368 e. The summed E-state index contributed by atoms with van der Waals surface area (Å²) in [6.45, 7) is 3.70.